The first-order valence-corrected chi connectivity index (χ1v) is 5.82. The molecule has 0 aromatic carbocycles. The van der Waals surface area contributed by atoms with E-state index in [-0.39, 0.29) is 0 Å². The SMILES string of the molecule is C[C@@H]1CCCn2cc(-c3cccnc3)nc21. The molecule has 0 bridgehead atoms. The van der Waals surface area contributed by atoms with Crippen molar-refractivity contribution in [2.45, 2.75) is 32.2 Å². The molecule has 0 saturated heterocycles. The number of imidazole rings is 1. The lowest BCUT2D eigenvalue weighted by atomic mass is 10.0. The van der Waals surface area contributed by atoms with Crippen LogP contribution in [0.15, 0.2) is 30.7 Å². The third-order valence-electron chi connectivity index (χ3n) is 3.24. The molecule has 0 amide bonds. The average molecular weight is 213 g/mol. The van der Waals surface area contributed by atoms with Gasteiger partial charge in [-0.1, -0.05) is 6.92 Å². The first kappa shape index (κ1) is 9.58. The number of aryl methyl sites for hydroxylation is 1. The van der Waals surface area contributed by atoms with Crippen molar-refractivity contribution in [2.24, 2.45) is 0 Å². The van der Waals surface area contributed by atoms with Gasteiger partial charge in [0.2, 0.25) is 0 Å². The molecule has 0 radical (unpaired) electrons. The van der Waals surface area contributed by atoms with Gasteiger partial charge < -0.3 is 4.57 Å². The highest BCUT2D eigenvalue weighted by Gasteiger charge is 2.19. The maximum atomic E-state index is 4.72. The molecule has 82 valence electrons. The molecule has 3 rings (SSSR count). The average Bonchev–Trinajstić information content (AvgIpc) is 2.76. The Kier molecular flexibility index (Phi) is 2.24. The molecule has 1 aliphatic heterocycles. The van der Waals surface area contributed by atoms with Gasteiger partial charge in [0.25, 0.3) is 0 Å². The van der Waals surface area contributed by atoms with Crippen LogP contribution in [0, 0.1) is 0 Å². The Morgan fingerprint density at radius 3 is 3.12 bits per heavy atom. The smallest absolute Gasteiger partial charge is 0.112 e. The first-order chi connectivity index (χ1) is 7.84. The maximum absolute atomic E-state index is 4.72. The fourth-order valence-corrected chi connectivity index (χ4v) is 2.35. The van der Waals surface area contributed by atoms with Crippen molar-refractivity contribution in [1.29, 1.82) is 0 Å². The van der Waals surface area contributed by atoms with Crippen LogP contribution < -0.4 is 0 Å². The van der Waals surface area contributed by atoms with Crippen molar-refractivity contribution in [3.05, 3.63) is 36.5 Å². The van der Waals surface area contributed by atoms with E-state index in [0.717, 1.165) is 17.8 Å². The summed E-state index contributed by atoms with van der Waals surface area (Å²) in [5, 5.41) is 0. The van der Waals surface area contributed by atoms with Gasteiger partial charge in [0.1, 0.15) is 5.82 Å². The Balaban J connectivity index is 2.05. The van der Waals surface area contributed by atoms with Crippen LogP contribution in [-0.4, -0.2) is 14.5 Å². The molecule has 3 heteroatoms. The number of rotatable bonds is 1. The predicted octanol–water partition coefficient (Wildman–Crippen LogP) is 2.84. The Morgan fingerprint density at radius 1 is 1.44 bits per heavy atom. The van der Waals surface area contributed by atoms with E-state index in [2.05, 4.69) is 28.7 Å². The van der Waals surface area contributed by atoms with E-state index in [0.29, 0.717) is 5.92 Å². The molecule has 1 atom stereocenters. The molecule has 0 fully saturated rings. The van der Waals surface area contributed by atoms with Crippen LogP contribution in [0.4, 0.5) is 0 Å². The summed E-state index contributed by atoms with van der Waals surface area (Å²) in [6.07, 6.45) is 8.34. The Labute approximate surface area is 95.2 Å². The van der Waals surface area contributed by atoms with Crippen molar-refractivity contribution in [3.8, 4) is 11.3 Å². The molecule has 2 aromatic rings. The van der Waals surface area contributed by atoms with Gasteiger partial charge in [-0.05, 0) is 25.0 Å². The zero-order valence-electron chi connectivity index (χ0n) is 9.43. The van der Waals surface area contributed by atoms with Crippen LogP contribution in [0.25, 0.3) is 11.3 Å². The van der Waals surface area contributed by atoms with Crippen LogP contribution >= 0.6 is 0 Å². The lowest BCUT2D eigenvalue weighted by Crippen LogP contribution is -2.12. The Morgan fingerprint density at radius 2 is 2.38 bits per heavy atom. The van der Waals surface area contributed by atoms with Crippen molar-refractivity contribution in [2.75, 3.05) is 0 Å². The minimum absolute atomic E-state index is 0.583. The second-order valence-electron chi connectivity index (χ2n) is 4.46. The number of hydrogen-bond donors (Lipinski definition) is 0. The standard InChI is InChI=1S/C13H15N3/c1-10-4-3-7-16-9-12(15-13(10)16)11-5-2-6-14-8-11/h2,5-6,8-10H,3-4,7H2,1H3/t10-/m1/s1. The summed E-state index contributed by atoms with van der Waals surface area (Å²) in [4.78, 5) is 8.86. The van der Waals surface area contributed by atoms with Gasteiger partial charge in [-0.3, -0.25) is 4.98 Å². The summed E-state index contributed by atoms with van der Waals surface area (Å²) >= 11 is 0. The van der Waals surface area contributed by atoms with Crippen LogP contribution in [0.2, 0.25) is 0 Å². The van der Waals surface area contributed by atoms with Crippen molar-refractivity contribution >= 4 is 0 Å². The topological polar surface area (TPSA) is 30.7 Å². The zero-order chi connectivity index (χ0) is 11.0. The minimum Gasteiger partial charge on any atom is -0.334 e. The van der Waals surface area contributed by atoms with Gasteiger partial charge in [-0.15, -0.1) is 0 Å². The second kappa shape index (κ2) is 3.74. The molecule has 0 saturated carbocycles. The quantitative estimate of drug-likeness (QED) is 0.729. The number of aromatic nitrogens is 3. The summed E-state index contributed by atoms with van der Waals surface area (Å²) in [6.45, 7) is 3.36. The molecule has 0 N–H and O–H groups in total. The van der Waals surface area contributed by atoms with E-state index in [1.54, 1.807) is 6.20 Å². The monoisotopic (exact) mass is 213 g/mol. The van der Waals surface area contributed by atoms with E-state index < -0.39 is 0 Å². The molecule has 3 heterocycles. The second-order valence-corrected chi connectivity index (χ2v) is 4.46. The molecule has 0 spiro atoms. The van der Waals surface area contributed by atoms with Gasteiger partial charge in [-0.25, -0.2) is 4.98 Å². The summed E-state index contributed by atoms with van der Waals surface area (Å²) in [6, 6.07) is 4.02. The lowest BCUT2D eigenvalue weighted by Gasteiger charge is -2.19. The highest BCUT2D eigenvalue weighted by molar-refractivity contribution is 5.57. The van der Waals surface area contributed by atoms with Gasteiger partial charge in [0.15, 0.2) is 0 Å². The fourth-order valence-electron chi connectivity index (χ4n) is 2.35. The molecular weight excluding hydrogens is 198 g/mol. The van der Waals surface area contributed by atoms with E-state index in [1.165, 1.54) is 18.7 Å². The number of pyridine rings is 1. The molecule has 0 unspecified atom stereocenters. The summed E-state index contributed by atoms with van der Waals surface area (Å²) in [5.74, 6) is 1.81. The normalized spacial score (nSPS) is 19.4. The highest BCUT2D eigenvalue weighted by atomic mass is 15.1. The molecule has 1 aliphatic rings. The van der Waals surface area contributed by atoms with E-state index >= 15 is 0 Å². The fraction of sp³-hybridized carbons (Fsp3) is 0.385. The molecule has 16 heavy (non-hydrogen) atoms. The number of hydrogen-bond acceptors (Lipinski definition) is 2. The minimum atomic E-state index is 0.583. The molecule has 3 nitrogen and oxygen atoms in total. The van der Waals surface area contributed by atoms with Crippen LogP contribution in [0.5, 0.6) is 0 Å². The Bertz CT molecular complexity index is 487. The van der Waals surface area contributed by atoms with Crippen LogP contribution in [0.1, 0.15) is 31.5 Å². The zero-order valence-corrected chi connectivity index (χ0v) is 9.43. The number of fused-ring (bicyclic) bond motifs is 1. The van der Waals surface area contributed by atoms with Crippen molar-refractivity contribution in [3.63, 3.8) is 0 Å². The third kappa shape index (κ3) is 1.52. The first-order valence-electron chi connectivity index (χ1n) is 5.82. The third-order valence-corrected chi connectivity index (χ3v) is 3.24. The summed E-state index contributed by atoms with van der Waals surface area (Å²) in [5.41, 5.74) is 2.16. The van der Waals surface area contributed by atoms with E-state index in [9.17, 15) is 0 Å². The van der Waals surface area contributed by atoms with Gasteiger partial charge in [0, 0.05) is 36.6 Å². The van der Waals surface area contributed by atoms with Gasteiger partial charge >= 0.3 is 0 Å². The largest absolute Gasteiger partial charge is 0.334 e. The summed E-state index contributed by atoms with van der Waals surface area (Å²) < 4.78 is 2.29. The molecule has 0 aliphatic carbocycles. The maximum Gasteiger partial charge on any atom is 0.112 e. The Hall–Kier alpha value is -1.64. The predicted molar refractivity (Wildman–Crippen MR) is 63.1 cm³/mol. The molecular formula is C13H15N3. The molecule has 2 aromatic heterocycles. The van der Waals surface area contributed by atoms with Crippen molar-refractivity contribution in [1.82, 2.24) is 14.5 Å². The van der Waals surface area contributed by atoms with Gasteiger partial charge in [-0.2, -0.15) is 0 Å². The van der Waals surface area contributed by atoms with Crippen LogP contribution in [-0.2, 0) is 6.54 Å². The van der Waals surface area contributed by atoms with Crippen molar-refractivity contribution < 1.29 is 0 Å². The highest BCUT2D eigenvalue weighted by Crippen LogP contribution is 2.28. The van der Waals surface area contributed by atoms with E-state index in [4.69, 9.17) is 4.98 Å². The van der Waals surface area contributed by atoms with E-state index in [1.807, 2.05) is 12.3 Å². The van der Waals surface area contributed by atoms with Crippen LogP contribution in [0.3, 0.4) is 0 Å². The number of nitrogens with zero attached hydrogens (tertiary/aromatic N) is 3. The van der Waals surface area contributed by atoms with Gasteiger partial charge in [0.05, 0.1) is 5.69 Å². The lowest BCUT2D eigenvalue weighted by molar-refractivity contribution is 0.463. The summed E-state index contributed by atoms with van der Waals surface area (Å²) in [7, 11) is 0.